The Hall–Kier alpha value is -2.38. The summed E-state index contributed by atoms with van der Waals surface area (Å²) in [6, 6.07) is 16.1. The lowest BCUT2D eigenvalue weighted by Crippen LogP contribution is -2.53. The number of piperazine rings is 1. The normalized spacial score (nSPS) is 16.6. The second kappa shape index (κ2) is 8.75. The fraction of sp³-hybridized carbons (Fsp3) is 0.381. The number of hydrogen-bond donors (Lipinski definition) is 0. The number of carbonyl (C=O) groups excluding carboxylic acids is 1. The van der Waals surface area contributed by atoms with E-state index in [4.69, 9.17) is 4.74 Å². The highest BCUT2D eigenvalue weighted by atomic mass is 32.2. The van der Waals surface area contributed by atoms with Gasteiger partial charge in [-0.2, -0.15) is 4.31 Å². The molecule has 0 N–H and O–H groups in total. The summed E-state index contributed by atoms with van der Waals surface area (Å²) in [5.41, 5.74) is 1.01. The Balaban J connectivity index is 1.62. The van der Waals surface area contributed by atoms with Crippen LogP contribution in [0, 0.1) is 6.92 Å². The van der Waals surface area contributed by atoms with E-state index in [1.807, 2.05) is 44.2 Å². The molecule has 1 aliphatic rings. The maximum atomic E-state index is 12.8. The summed E-state index contributed by atoms with van der Waals surface area (Å²) < 4.78 is 32.9. The number of carbonyl (C=O) groups is 1. The highest BCUT2D eigenvalue weighted by Gasteiger charge is 2.32. The minimum Gasteiger partial charge on any atom is -0.481 e. The van der Waals surface area contributed by atoms with E-state index in [1.165, 1.54) is 4.31 Å². The predicted molar refractivity (Wildman–Crippen MR) is 108 cm³/mol. The minimum atomic E-state index is -3.54. The highest BCUT2D eigenvalue weighted by Crippen LogP contribution is 2.20. The van der Waals surface area contributed by atoms with E-state index < -0.39 is 16.1 Å². The largest absolute Gasteiger partial charge is 0.481 e. The van der Waals surface area contributed by atoms with E-state index >= 15 is 0 Å². The van der Waals surface area contributed by atoms with Gasteiger partial charge in [-0.25, -0.2) is 8.42 Å². The van der Waals surface area contributed by atoms with Crippen molar-refractivity contribution < 1.29 is 17.9 Å². The summed E-state index contributed by atoms with van der Waals surface area (Å²) >= 11 is 0. The Morgan fingerprint density at radius 2 is 1.61 bits per heavy atom. The Bertz CT molecular complexity index is 890. The number of amides is 1. The Labute approximate surface area is 166 Å². The average molecular weight is 403 g/mol. The number of benzene rings is 2. The molecule has 1 amide bonds. The van der Waals surface area contributed by atoms with Gasteiger partial charge in [-0.3, -0.25) is 4.79 Å². The highest BCUT2D eigenvalue weighted by molar-refractivity contribution is 7.89. The lowest BCUT2D eigenvalue weighted by molar-refractivity contribution is -0.140. The molecule has 2 aromatic carbocycles. The summed E-state index contributed by atoms with van der Waals surface area (Å²) in [6.45, 7) is 5.11. The molecule has 0 bridgehead atoms. The van der Waals surface area contributed by atoms with E-state index in [1.54, 1.807) is 29.2 Å². The number of sulfonamides is 1. The van der Waals surface area contributed by atoms with Gasteiger partial charge in [0.2, 0.25) is 10.0 Å². The predicted octanol–water partition coefficient (Wildman–Crippen LogP) is 2.69. The van der Waals surface area contributed by atoms with Crippen LogP contribution in [0.3, 0.4) is 0 Å². The van der Waals surface area contributed by atoms with Gasteiger partial charge >= 0.3 is 0 Å². The zero-order chi connectivity index (χ0) is 20.1. The van der Waals surface area contributed by atoms with Crippen molar-refractivity contribution in [2.24, 2.45) is 0 Å². The molecule has 1 heterocycles. The van der Waals surface area contributed by atoms with Crippen LogP contribution in [0.4, 0.5) is 0 Å². The van der Waals surface area contributed by atoms with Crippen LogP contribution in [0.25, 0.3) is 0 Å². The van der Waals surface area contributed by atoms with E-state index in [0.717, 1.165) is 5.56 Å². The van der Waals surface area contributed by atoms with Gasteiger partial charge in [-0.05, 0) is 37.6 Å². The molecule has 2 aromatic rings. The van der Waals surface area contributed by atoms with Gasteiger partial charge in [0, 0.05) is 26.2 Å². The van der Waals surface area contributed by atoms with Gasteiger partial charge in [0.25, 0.3) is 5.91 Å². The summed E-state index contributed by atoms with van der Waals surface area (Å²) in [7, 11) is -3.54. The number of rotatable bonds is 6. The number of nitrogens with zero attached hydrogens (tertiary/aromatic N) is 2. The van der Waals surface area contributed by atoms with Crippen molar-refractivity contribution in [1.29, 1.82) is 0 Å². The van der Waals surface area contributed by atoms with Crippen LogP contribution in [0.15, 0.2) is 59.5 Å². The van der Waals surface area contributed by atoms with Crippen molar-refractivity contribution in [3.8, 4) is 5.75 Å². The Morgan fingerprint density at radius 3 is 2.18 bits per heavy atom. The lowest BCUT2D eigenvalue weighted by Gasteiger charge is -2.35. The molecule has 0 aliphatic carbocycles. The van der Waals surface area contributed by atoms with Crippen LogP contribution in [-0.4, -0.2) is 55.8 Å². The molecule has 28 heavy (non-hydrogen) atoms. The van der Waals surface area contributed by atoms with Gasteiger partial charge in [0.1, 0.15) is 5.75 Å². The van der Waals surface area contributed by atoms with Crippen molar-refractivity contribution in [2.45, 2.75) is 31.3 Å². The smallest absolute Gasteiger partial charge is 0.263 e. The fourth-order valence-corrected chi connectivity index (χ4v) is 4.61. The van der Waals surface area contributed by atoms with Crippen LogP contribution in [0.2, 0.25) is 0 Å². The number of para-hydroxylation sites is 1. The summed E-state index contributed by atoms with van der Waals surface area (Å²) in [5.74, 6) is 0.557. The lowest BCUT2D eigenvalue weighted by atomic mass is 10.2. The minimum absolute atomic E-state index is 0.0984. The van der Waals surface area contributed by atoms with Gasteiger partial charge in [-0.1, -0.05) is 42.8 Å². The number of aryl methyl sites for hydroxylation is 1. The first-order valence-electron chi connectivity index (χ1n) is 9.49. The molecule has 1 saturated heterocycles. The summed E-state index contributed by atoms with van der Waals surface area (Å²) in [6.07, 6.45) is -0.0158. The van der Waals surface area contributed by atoms with Crippen molar-refractivity contribution in [2.75, 3.05) is 26.2 Å². The molecule has 0 radical (unpaired) electrons. The molecule has 1 unspecified atom stereocenters. The molecule has 0 aromatic heterocycles. The van der Waals surface area contributed by atoms with Gasteiger partial charge < -0.3 is 9.64 Å². The van der Waals surface area contributed by atoms with Gasteiger partial charge in [0.15, 0.2) is 6.10 Å². The third kappa shape index (κ3) is 4.54. The molecule has 1 aliphatic heterocycles. The Kier molecular flexibility index (Phi) is 6.36. The molecule has 1 fully saturated rings. The van der Waals surface area contributed by atoms with Crippen LogP contribution in [-0.2, 0) is 14.8 Å². The SMILES string of the molecule is CCC(Oc1ccccc1)C(=O)N1CCN(S(=O)(=O)c2ccc(C)cc2)CC1. The van der Waals surface area contributed by atoms with E-state index in [9.17, 15) is 13.2 Å². The van der Waals surface area contributed by atoms with Crippen molar-refractivity contribution in [1.82, 2.24) is 9.21 Å². The molecule has 150 valence electrons. The molecular formula is C21H26N2O4S. The first kappa shape index (κ1) is 20.4. The van der Waals surface area contributed by atoms with Crippen molar-refractivity contribution in [3.63, 3.8) is 0 Å². The monoisotopic (exact) mass is 402 g/mol. The molecule has 3 rings (SSSR count). The molecule has 1 atom stereocenters. The third-order valence-electron chi connectivity index (χ3n) is 4.88. The summed E-state index contributed by atoms with van der Waals surface area (Å²) in [5, 5.41) is 0. The van der Waals surface area contributed by atoms with Crippen LogP contribution in [0.1, 0.15) is 18.9 Å². The first-order chi connectivity index (χ1) is 13.4. The molecule has 0 saturated carbocycles. The molecular weight excluding hydrogens is 376 g/mol. The average Bonchev–Trinajstić information content (AvgIpc) is 2.72. The van der Waals surface area contributed by atoms with E-state index in [-0.39, 0.29) is 23.9 Å². The van der Waals surface area contributed by atoms with Crippen LogP contribution >= 0.6 is 0 Å². The topological polar surface area (TPSA) is 66.9 Å². The second-order valence-corrected chi connectivity index (χ2v) is 8.81. The summed E-state index contributed by atoms with van der Waals surface area (Å²) in [4.78, 5) is 14.8. The van der Waals surface area contributed by atoms with Crippen LogP contribution in [0.5, 0.6) is 5.75 Å². The van der Waals surface area contributed by atoms with Crippen LogP contribution < -0.4 is 4.74 Å². The standard InChI is InChI=1S/C21H26N2O4S/c1-3-20(27-18-7-5-4-6-8-18)21(24)22-13-15-23(16-14-22)28(25,26)19-11-9-17(2)10-12-19/h4-12,20H,3,13-16H2,1-2H3. The first-order valence-corrected chi connectivity index (χ1v) is 10.9. The Morgan fingerprint density at radius 1 is 1.00 bits per heavy atom. The maximum absolute atomic E-state index is 12.8. The zero-order valence-electron chi connectivity index (χ0n) is 16.2. The van der Waals surface area contributed by atoms with Gasteiger partial charge in [-0.15, -0.1) is 0 Å². The second-order valence-electron chi connectivity index (χ2n) is 6.87. The third-order valence-corrected chi connectivity index (χ3v) is 6.79. The molecule has 7 heteroatoms. The van der Waals surface area contributed by atoms with Gasteiger partial charge in [0.05, 0.1) is 4.90 Å². The zero-order valence-corrected chi connectivity index (χ0v) is 17.1. The fourth-order valence-electron chi connectivity index (χ4n) is 3.18. The molecule has 0 spiro atoms. The van der Waals surface area contributed by atoms with Crippen molar-refractivity contribution >= 4 is 15.9 Å². The van der Waals surface area contributed by atoms with Crippen molar-refractivity contribution in [3.05, 3.63) is 60.2 Å². The molecule has 6 nitrogen and oxygen atoms in total. The van der Waals surface area contributed by atoms with E-state index in [0.29, 0.717) is 25.3 Å². The maximum Gasteiger partial charge on any atom is 0.263 e. The van der Waals surface area contributed by atoms with E-state index in [2.05, 4.69) is 0 Å². The quantitative estimate of drug-likeness (QED) is 0.745. The number of hydrogen-bond acceptors (Lipinski definition) is 4. The number of ether oxygens (including phenoxy) is 1.